The second kappa shape index (κ2) is 6.18. The van der Waals surface area contributed by atoms with Gasteiger partial charge in [0, 0.05) is 17.7 Å². The number of amides is 1. The molecule has 1 N–H and O–H groups in total. The van der Waals surface area contributed by atoms with Gasteiger partial charge in [0.15, 0.2) is 5.13 Å². The number of hydrogen-bond donors (Lipinski definition) is 1. The van der Waals surface area contributed by atoms with E-state index in [9.17, 15) is 4.79 Å². The van der Waals surface area contributed by atoms with E-state index in [1.807, 2.05) is 18.2 Å². The van der Waals surface area contributed by atoms with Crippen LogP contribution >= 0.6 is 11.3 Å². The topological polar surface area (TPSA) is 42.0 Å². The standard InChI is InChI=1S/C16H18N2OS/c19-15(8-4-7-12-5-2-1-3-6-12)18-16-17-14(11-20-16)13-9-10-13/h1-3,5-6,11,13H,4,7-10H2,(H,17,18,19). The molecule has 0 atom stereocenters. The third-order valence-corrected chi connectivity index (χ3v) is 4.25. The Morgan fingerprint density at radius 2 is 2.10 bits per heavy atom. The molecule has 0 bridgehead atoms. The number of rotatable bonds is 6. The summed E-state index contributed by atoms with van der Waals surface area (Å²) in [7, 11) is 0. The monoisotopic (exact) mass is 286 g/mol. The van der Waals surface area contributed by atoms with Crippen LogP contribution in [-0.2, 0) is 11.2 Å². The number of carbonyl (C=O) groups is 1. The summed E-state index contributed by atoms with van der Waals surface area (Å²) < 4.78 is 0. The minimum absolute atomic E-state index is 0.0672. The molecule has 1 aromatic heterocycles. The first-order valence-electron chi connectivity index (χ1n) is 7.10. The summed E-state index contributed by atoms with van der Waals surface area (Å²) in [6.45, 7) is 0. The van der Waals surface area contributed by atoms with Gasteiger partial charge in [-0.25, -0.2) is 4.98 Å². The largest absolute Gasteiger partial charge is 0.302 e. The fraction of sp³-hybridized carbons (Fsp3) is 0.375. The van der Waals surface area contributed by atoms with Gasteiger partial charge in [-0.15, -0.1) is 11.3 Å². The highest BCUT2D eigenvalue weighted by molar-refractivity contribution is 7.13. The van der Waals surface area contributed by atoms with E-state index in [4.69, 9.17) is 0 Å². The Balaban J connectivity index is 1.42. The number of nitrogens with zero attached hydrogens (tertiary/aromatic N) is 1. The van der Waals surface area contributed by atoms with E-state index in [1.54, 1.807) is 0 Å². The zero-order chi connectivity index (χ0) is 13.8. The maximum Gasteiger partial charge on any atom is 0.226 e. The summed E-state index contributed by atoms with van der Waals surface area (Å²) in [4.78, 5) is 16.3. The molecule has 0 saturated heterocycles. The predicted molar refractivity (Wildman–Crippen MR) is 82.1 cm³/mol. The van der Waals surface area contributed by atoms with Crippen LogP contribution in [0.5, 0.6) is 0 Å². The molecule has 20 heavy (non-hydrogen) atoms. The zero-order valence-corrected chi connectivity index (χ0v) is 12.2. The maximum atomic E-state index is 11.9. The highest BCUT2D eigenvalue weighted by atomic mass is 32.1. The number of hydrogen-bond acceptors (Lipinski definition) is 3. The van der Waals surface area contributed by atoms with Crippen LogP contribution in [0.2, 0.25) is 0 Å². The molecule has 1 aliphatic carbocycles. The van der Waals surface area contributed by atoms with Crippen molar-refractivity contribution in [2.24, 2.45) is 0 Å². The van der Waals surface area contributed by atoms with Gasteiger partial charge in [-0.2, -0.15) is 0 Å². The van der Waals surface area contributed by atoms with E-state index in [-0.39, 0.29) is 5.91 Å². The Morgan fingerprint density at radius 1 is 1.30 bits per heavy atom. The van der Waals surface area contributed by atoms with Crippen LogP contribution in [0, 0.1) is 0 Å². The first-order valence-corrected chi connectivity index (χ1v) is 7.98. The van der Waals surface area contributed by atoms with E-state index >= 15 is 0 Å². The number of thiazole rings is 1. The van der Waals surface area contributed by atoms with Crippen molar-refractivity contribution < 1.29 is 4.79 Å². The highest BCUT2D eigenvalue weighted by Crippen LogP contribution is 2.40. The molecule has 1 aliphatic rings. The molecule has 1 fully saturated rings. The lowest BCUT2D eigenvalue weighted by Crippen LogP contribution is -2.11. The molecule has 0 aliphatic heterocycles. The SMILES string of the molecule is O=C(CCCc1ccccc1)Nc1nc(C2CC2)cs1. The van der Waals surface area contributed by atoms with Crippen LogP contribution in [0.3, 0.4) is 0 Å². The molecule has 0 radical (unpaired) electrons. The molecule has 1 heterocycles. The fourth-order valence-electron chi connectivity index (χ4n) is 2.19. The van der Waals surface area contributed by atoms with Crippen LogP contribution in [0.15, 0.2) is 35.7 Å². The van der Waals surface area contributed by atoms with Crippen molar-refractivity contribution in [3.05, 3.63) is 47.0 Å². The first kappa shape index (κ1) is 13.3. The Hall–Kier alpha value is -1.68. The number of aromatic nitrogens is 1. The van der Waals surface area contributed by atoms with E-state index in [0.29, 0.717) is 12.3 Å². The average molecular weight is 286 g/mol. The summed E-state index contributed by atoms with van der Waals surface area (Å²) in [6, 6.07) is 10.3. The van der Waals surface area contributed by atoms with Crippen molar-refractivity contribution in [1.29, 1.82) is 0 Å². The normalized spacial score (nSPS) is 14.2. The molecular weight excluding hydrogens is 268 g/mol. The third-order valence-electron chi connectivity index (χ3n) is 3.48. The molecule has 3 nitrogen and oxygen atoms in total. The minimum Gasteiger partial charge on any atom is -0.302 e. The van der Waals surface area contributed by atoms with Crippen molar-refractivity contribution >= 4 is 22.4 Å². The van der Waals surface area contributed by atoms with E-state index in [2.05, 4.69) is 27.8 Å². The first-order chi connectivity index (χ1) is 9.81. The maximum absolute atomic E-state index is 11.9. The molecule has 0 unspecified atom stereocenters. The smallest absolute Gasteiger partial charge is 0.226 e. The van der Waals surface area contributed by atoms with Gasteiger partial charge in [0.2, 0.25) is 5.91 Å². The van der Waals surface area contributed by atoms with Crippen LogP contribution < -0.4 is 5.32 Å². The summed E-state index contributed by atoms with van der Waals surface area (Å²) in [5, 5.41) is 5.71. The number of benzene rings is 1. The van der Waals surface area contributed by atoms with Crippen LogP contribution in [0.4, 0.5) is 5.13 Å². The van der Waals surface area contributed by atoms with Crippen LogP contribution in [-0.4, -0.2) is 10.9 Å². The van der Waals surface area contributed by atoms with Gasteiger partial charge in [0.25, 0.3) is 0 Å². The lowest BCUT2D eigenvalue weighted by atomic mass is 10.1. The summed E-state index contributed by atoms with van der Waals surface area (Å²) in [6.07, 6.45) is 4.85. The van der Waals surface area contributed by atoms with Crippen molar-refractivity contribution in [2.45, 2.75) is 38.0 Å². The number of nitrogens with one attached hydrogen (secondary N) is 1. The summed E-state index contributed by atoms with van der Waals surface area (Å²) in [5.74, 6) is 0.715. The quantitative estimate of drug-likeness (QED) is 0.872. The van der Waals surface area contributed by atoms with Crippen molar-refractivity contribution in [1.82, 2.24) is 4.98 Å². The van der Waals surface area contributed by atoms with Gasteiger partial charge in [0.1, 0.15) is 0 Å². The molecule has 0 spiro atoms. The lowest BCUT2D eigenvalue weighted by molar-refractivity contribution is -0.116. The van der Waals surface area contributed by atoms with Crippen LogP contribution in [0.25, 0.3) is 0 Å². The molecule has 3 rings (SSSR count). The summed E-state index contributed by atoms with van der Waals surface area (Å²) in [5.41, 5.74) is 2.43. The number of aryl methyl sites for hydroxylation is 1. The molecule has 1 aromatic carbocycles. The Kier molecular flexibility index (Phi) is 4.11. The molecule has 4 heteroatoms. The van der Waals surface area contributed by atoms with Gasteiger partial charge >= 0.3 is 0 Å². The number of anilines is 1. The Morgan fingerprint density at radius 3 is 2.85 bits per heavy atom. The second-order valence-corrected chi connectivity index (χ2v) is 6.10. The number of carbonyl (C=O) groups excluding carboxylic acids is 1. The zero-order valence-electron chi connectivity index (χ0n) is 11.3. The predicted octanol–water partition coefficient (Wildman–Crippen LogP) is 3.98. The van der Waals surface area contributed by atoms with E-state index in [1.165, 1.54) is 29.7 Å². The molecular formula is C16H18N2OS. The van der Waals surface area contributed by atoms with Gasteiger partial charge in [-0.3, -0.25) is 4.79 Å². The fourth-order valence-corrected chi connectivity index (χ4v) is 3.00. The van der Waals surface area contributed by atoms with Crippen LogP contribution in [0.1, 0.15) is 42.9 Å². The Bertz CT molecular complexity index is 575. The molecule has 2 aromatic rings. The second-order valence-electron chi connectivity index (χ2n) is 5.24. The average Bonchev–Trinajstić information content (AvgIpc) is 3.21. The minimum atomic E-state index is 0.0672. The third kappa shape index (κ3) is 3.67. The highest BCUT2D eigenvalue weighted by Gasteiger charge is 2.26. The molecule has 104 valence electrons. The van der Waals surface area contributed by atoms with Crippen molar-refractivity contribution in [3.8, 4) is 0 Å². The van der Waals surface area contributed by atoms with E-state index < -0.39 is 0 Å². The van der Waals surface area contributed by atoms with Crippen molar-refractivity contribution in [2.75, 3.05) is 5.32 Å². The van der Waals surface area contributed by atoms with Gasteiger partial charge in [-0.1, -0.05) is 30.3 Å². The van der Waals surface area contributed by atoms with E-state index in [0.717, 1.165) is 23.7 Å². The Labute approximate surface area is 123 Å². The molecule has 1 amide bonds. The van der Waals surface area contributed by atoms with Gasteiger partial charge < -0.3 is 5.32 Å². The van der Waals surface area contributed by atoms with Gasteiger partial charge in [-0.05, 0) is 31.2 Å². The van der Waals surface area contributed by atoms with Crippen molar-refractivity contribution in [3.63, 3.8) is 0 Å². The summed E-state index contributed by atoms with van der Waals surface area (Å²) >= 11 is 1.53. The lowest BCUT2D eigenvalue weighted by Gasteiger charge is -2.02. The van der Waals surface area contributed by atoms with Gasteiger partial charge in [0.05, 0.1) is 5.69 Å². The molecule has 1 saturated carbocycles.